The SMILES string of the molecule is Cc1ccc(Br)cc1Oc1ccccc1[C@H](C)N. The molecule has 0 aliphatic carbocycles. The highest BCUT2D eigenvalue weighted by molar-refractivity contribution is 9.10. The third-order valence-electron chi connectivity index (χ3n) is 2.78. The smallest absolute Gasteiger partial charge is 0.132 e. The highest BCUT2D eigenvalue weighted by Crippen LogP contribution is 2.31. The van der Waals surface area contributed by atoms with Crippen molar-refractivity contribution in [2.45, 2.75) is 19.9 Å². The summed E-state index contributed by atoms with van der Waals surface area (Å²) in [5, 5.41) is 0. The molecule has 0 aliphatic rings. The van der Waals surface area contributed by atoms with Crippen LogP contribution in [0, 0.1) is 6.92 Å². The molecule has 0 heterocycles. The Balaban J connectivity index is 2.37. The van der Waals surface area contributed by atoms with Gasteiger partial charge < -0.3 is 10.5 Å². The highest BCUT2D eigenvalue weighted by Gasteiger charge is 2.09. The second-order valence-electron chi connectivity index (χ2n) is 4.34. The van der Waals surface area contributed by atoms with Crippen molar-refractivity contribution >= 4 is 15.9 Å². The molecule has 2 aromatic rings. The molecule has 2 aromatic carbocycles. The summed E-state index contributed by atoms with van der Waals surface area (Å²) in [4.78, 5) is 0. The van der Waals surface area contributed by atoms with Gasteiger partial charge in [-0.3, -0.25) is 0 Å². The van der Waals surface area contributed by atoms with Crippen LogP contribution >= 0.6 is 15.9 Å². The van der Waals surface area contributed by atoms with E-state index in [2.05, 4.69) is 15.9 Å². The highest BCUT2D eigenvalue weighted by atomic mass is 79.9. The van der Waals surface area contributed by atoms with Gasteiger partial charge in [0.2, 0.25) is 0 Å². The minimum atomic E-state index is -0.0475. The van der Waals surface area contributed by atoms with Crippen molar-refractivity contribution in [3.05, 3.63) is 58.1 Å². The molecule has 3 heteroatoms. The average Bonchev–Trinajstić information content (AvgIpc) is 2.34. The van der Waals surface area contributed by atoms with E-state index in [1.807, 2.05) is 56.3 Å². The number of nitrogens with two attached hydrogens (primary N) is 1. The maximum Gasteiger partial charge on any atom is 0.132 e. The first-order valence-corrected chi connectivity index (χ1v) is 6.65. The molecule has 0 bridgehead atoms. The first kappa shape index (κ1) is 13.1. The van der Waals surface area contributed by atoms with Crippen LogP contribution in [0.15, 0.2) is 46.9 Å². The molecule has 18 heavy (non-hydrogen) atoms. The van der Waals surface area contributed by atoms with Crippen LogP contribution in [0.25, 0.3) is 0 Å². The minimum Gasteiger partial charge on any atom is -0.457 e. The number of ether oxygens (including phenoxy) is 1. The van der Waals surface area contributed by atoms with E-state index in [0.29, 0.717) is 0 Å². The van der Waals surface area contributed by atoms with E-state index in [-0.39, 0.29) is 6.04 Å². The summed E-state index contributed by atoms with van der Waals surface area (Å²) in [6.45, 7) is 3.98. The van der Waals surface area contributed by atoms with Crippen molar-refractivity contribution in [1.29, 1.82) is 0 Å². The third-order valence-corrected chi connectivity index (χ3v) is 3.27. The summed E-state index contributed by atoms with van der Waals surface area (Å²) < 4.78 is 6.97. The molecular formula is C15H16BrNO. The average molecular weight is 306 g/mol. The maximum absolute atomic E-state index is 5.97. The Hall–Kier alpha value is -1.32. The fourth-order valence-corrected chi connectivity index (χ4v) is 2.09. The van der Waals surface area contributed by atoms with E-state index in [4.69, 9.17) is 10.5 Å². The van der Waals surface area contributed by atoms with Gasteiger partial charge in [0.25, 0.3) is 0 Å². The van der Waals surface area contributed by atoms with Crippen molar-refractivity contribution in [2.75, 3.05) is 0 Å². The van der Waals surface area contributed by atoms with Crippen LogP contribution in [-0.2, 0) is 0 Å². The molecule has 0 radical (unpaired) electrons. The van der Waals surface area contributed by atoms with E-state index in [1.54, 1.807) is 0 Å². The van der Waals surface area contributed by atoms with Crippen molar-refractivity contribution in [2.24, 2.45) is 5.73 Å². The summed E-state index contributed by atoms with van der Waals surface area (Å²) in [5.41, 5.74) is 8.05. The minimum absolute atomic E-state index is 0.0475. The lowest BCUT2D eigenvalue weighted by Gasteiger charge is -2.15. The van der Waals surface area contributed by atoms with Crippen LogP contribution in [0.2, 0.25) is 0 Å². The number of aryl methyl sites for hydroxylation is 1. The van der Waals surface area contributed by atoms with Crippen molar-refractivity contribution in [3.8, 4) is 11.5 Å². The van der Waals surface area contributed by atoms with Gasteiger partial charge >= 0.3 is 0 Å². The Morgan fingerprint density at radius 2 is 1.83 bits per heavy atom. The lowest BCUT2D eigenvalue weighted by atomic mass is 10.1. The second kappa shape index (κ2) is 5.55. The zero-order valence-corrected chi connectivity index (χ0v) is 12.1. The Morgan fingerprint density at radius 1 is 1.11 bits per heavy atom. The van der Waals surface area contributed by atoms with Gasteiger partial charge in [0.1, 0.15) is 11.5 Å². The Bertz CT molecular complexity index is 552. The topological polar surface area (TPSA) is 35.2 Å². The summed E-state index contributed by atoms with van der Waals surface area (Å²) in [7, 11) is 0. The van der Waals surface area contributed by atoms with Crippen LogP contribution in [0.1, 0.15) is 24.1 Å². The van der Waals surface area contributed by atoms with Gasteiger partial charge in [0.05, 0.1) is 0 Å². The molecule has 2 nitrogen and oxygen atoms in total. The van der Waals surface area contributed by atoms with Crippen molar-refractivity contribution < 1.29 is 4.74 Å². The van der Waals surface area contributed by atoms with Gasteiger partial charge in [-0.1, -0.05) is 40.2 Å². The predicted molar refractivity (Wildman–Crippen MR) is 78.0 cm³/mol. The Labute approximate surface area is 116 Å². The largest absolute Gasteiger partial charge is 0.457 e. The van der Waals surface area contributed by atoms with E-state index in [9.17, 15) is 0 Å². The van der Waals surface area contributed by atoms with Gasteiger partial charge in [-0.2, -0.15) is 0 Å². The number of para-hydroxylation sites is 1. The van der Waals surface area contributed by atoms with Crippen molar-refractivity contribution in [3.63, 3.8) is 0 Å². The Kier molecular flexibility index (Phi) is 4.04. The predicted octanol–water partition coefficient (Wildman–Crippen LogP) is 4.57. The standard InChI is InChI=1S/C15H16BrNO/c1-10-7-8-12(16)9-15(10)18-14-6-4-3-5-13(14)11(2)17/h3-9,11H,17H2,1-2H3/t11-/m0/s1. The van der Waals surface area contributed by atoms with E-state index < -0.39 is 0 Å². The van der Waals surface area contributed by atoms with E-state index in [1.165, 1.54) is 0 Å². The molecule has 0 saturated carbocycles. The van der Waals surface area contributed by atoms with E-state index in [0.717, 1.165) is 27.1 Å². The van der Waals surface area contributed by atoms with Crippen molar-refractivity contribution in [1.82, 2.24) is 0 Å². The zero-order chi connectivity index (χ0) is 13.1. The molecule has 0 amide bonds. The fraction of sp³-hybridized carbons (Fsp3) is 0.200. The van der Waals surface area contributed by atoms with Crippen LogP contribution in [-0.4, -0.2) is 0 Å². The summed E-state index contributed by atoms with van der Waals surface area (Å²) in [6, 6.07) is 13.8. The lowest BCUT2D eigenvalue weighted by molar-refractivity contribution is 0.468. The van der Waals surface area contributed by atoms with Gasteiger partial charge in [-0.15, -0.1) is 0 Å². The molecule has 94 valence electrons. The molecule has 0 saturated heterocycles. The number of hydrogen-bond acceptors (Lipinski definition) is 2. The molecule has 0 fully saturated rings. The molecule has 0 spiro atoms. The summed E-state index contributed by atoms with van der Waals surface area (Å²) >= 11 is 3.45. The number of rotatable bonds is 3. The van der Waals surface area contributed by atoms with Gasteiger partial charge in [0.15, 0.2) is 0 Å². The number of benzene rings is 2. The maximum atomic E-state index is 5.97. The summed E-state index contributed by atoms with van der Waals surface area (Å²) in [5.74, 6) is 1.66. The molecular weight excluding hydrogens is 290 g/mol. The summed E-state index contributed by atoms with van der Waals surface area (Å²) in [6.07, 6.45) is 0. The molecule has 0 aromatic heterocycles. The first-order valence-electron chi connectivity index (χ1n) is 5.86. The third kappa shape index (κ3) is 2.92. The molecule has 2 rings (SSSR count). The number of halogens is 1. The molecule has 0 unspecified atom stereocenters. The monoisotopic (exact) mass is 305 g/mol. The van der Waals surface area contributed by atoms with Crippen LogP contribution in [0.3, 0.4) is 0 Å². The molecule has 1 atom stereocenters. The van der Waals surface area contributed by atoms with Crippen LogP contribution in [0.4, 0.5) is 0 Å². The van der Waals surface area contributed by atoms with Gasteiger partial charge in [-0.25, -0.2) is 0 Å². The quantitative estimate of drug-likeness (QED) is 0.901. The van der Waals surface area contributed by atoms with Crippen LogP contribution < -0.4 is 10.5 Å². The fourth-order valence-electron chi connectivity index (χ4n) is 1.75. The molecule has 0 aliphatic heterocycles. The molecule has 2 N–H and O–H groups in total. The zero-order valence-electron chi connectivity index (χ0n) is 10.5. The first-order chi connectivity index (χ1) is 8.58. The lowest BCUT2D eigenvalue weighted by Crippen LogP contribution is -2.06. The van der Waals surface area contributed by atoms with E-state index >= 15 is 0 Å². The number of hydrogen-bond donors (Lipinski definition) is 1. The second-order valence-corrected chi connectivity index (χ2v) is 5.25. The van der Waals surface area contributed by atoms with Gasteiger partial charge in [-0.05, 0) is 37.6 Å². The van der Waals surface area contributed by atoms with Gasteiger partial charge in [0, 0.05) is 16.1 Å². The Morgan fingerprint density at radius 3 is 2.56 bits per heavy atom. The normalized spacial score (nSPS) is 12.2. The van der Waals surface area contributed by atoms with Crippen LogP contribution in [0.5, 0.6) is 11.5 Å².